The number of nitrogens with one attached hydrogen (secondary N) is 1. The summed E-state index contributed by atoms with van der Waals surface area (Å²) < 4.78 is 3.53. The third kappa shape index (κ3) is 4.71. The number of hydrogen-bond acceptors (Lipinski definition) is 7. The highest BCUT2D eigenvalue weighted by atomic mass is 35.5. The Kier molecular flexibility index (Phi) is 6.39. The minimum atomic E-state index is -0.486. The Morgan fingerprint density at radius 2 is 1.91 bits per heavy atom. The molecular formula is C25H31ClN8O. The number of likely N-dealkylation sites (N-methyl/N-ethyl adjacent to an activating group) is 1. The Hall–Kier alpha value is -3.14. The SMILES string of the molecule is CN(C)CC(O)C1(c2ccc(Cl)cc2)CCN(c2cccn3nc(Nc4cnn(C)c4)nc23)CC1. The van der Waals surface area contributed by atoms with Crippen LogP contribution in [0.25, 0.3) is 5.65 Å². The van der Waals surface area contributed by atoms with Gasteiger partial charge in [-0.3, -0.25) is 4.68 Å². The summed E-state index contributed by atoms with van der Waals surface area (Å²) in [6.45, 7) is 2.20. The number of hydrogen-bond donors (Lipinski definition) is 2. The number of pyridine rings is 1. The van der Waals surface area contributed by atoms with E-state index in [1.807, 2.05) is 56.6 Å². The predicted molar refractivity (Wildman–Crippen MR) is 139 cm³/mol. The van der Waals surface area contributed by atoms with Crippen LogP contribution in [0.2, 0.25) is 5.02 Å². The van der Waals surface area contributed by atoms with Crippen LogP contribution in [-0.4, -0.2) is 74.2 Å². The fraction of sp³-hybridized carbons (Fsp3) is 0.400. The van der Waals surface area contributed by atoms with Gasteiger partial charge in [0.1, 0.15) is 0 Å². The topological polar surface area (TPSA) is 86.8 Å². The fourth-order valence-corrected chi connectivity index (χ4v) is 5.20. The number of nitrogens with zero attached hydrogens (tertiary/aromatic N) is 7. The first-order chi connectivity index (χ1) is 16.8. The van der Waals surface area contributed by atoms with Crippen LogP contribution in [0.4, 0.5) is 17.3 Å². The molecule has 0 radical (unpaired) electrons. The van der Waals surface area contributed by atoms with Gasteiger partial charge in [-0.05, 0) is 56.8 Å². The molecular weight excluding hydrogens is 464 g/mol. The van der Waals surface area contributed by atoms with Gasteiger partial charge in [0, 0.05) is 49.5 Å². The molecule has 2 N–H and O–H groups in total. The van der Waals surface area contributed by atoms with E-state index in [-0.39, 0.29) is 5.41 Å². The average Bonchev–Trinajstić information content (AvgIpc) is 3.44. The van der Waals surface area contributed by atoms with Gasteiger partial charge < -0.3 is 20.2 Å². The smallest absolute Gasteiger partial charge is 0.247 e. The van der Waals surface area contributed by atoms with E-state index in [9.17, 15) is 5.11 Å². The molecule has 4 heterocycles. The van der Waals surface area contributed by atoms with Crippen LogP contribution in [0, 0.1) is 0 Å². The van der Waals surface area contributed by atoms with Crippen molar-refractivity contribution in [3.05, 3.63) is 65.6 Å². The molecule has 1 aliphatic rings. The van der Waals surface area contributed by atoms with Gasteiger partial charge in [0.15, 0.2) is 5.65 Å². The molecule has 184 valence electrons. The Labute approximate surface area is 209 Å². The molecule has 9 nitrogen and oxygen atoms in total. The molecule has 10 heteroatoms. The van der Waals surface area contributed by atoms with E-state index < -0.39 is 6.10 Å². The van der Waals surface area contributed by atoms with Crippen molar-refractivity contribution >= 4 is 34.6 Å². The second-order valence-corrected chi connectivity index (χ2v) is 9.99. The number of aryl methyl sites for hydroxylation is 1. The zero-order chi connectivity index (χ0) is 24.6. The average molecular weight is 495 g/mol. The van der Waals surface area contributed by atoms with Gasteiger partial charge in [-0.1, -0.05) is 23.7 Å². The van der Waals surface area contributed by atoms with Crippen LogP contribution < -0.4 is 10.2 Å². The standard InChI is InChI=1S/C25H31ClN8O/c1-31(2)17-22(35)25(18-6-8-19(26)9-7-18)10-13-33(14-11-25)21-5-4-12-34-23(21)29-24(30-34)28-20-15-27-32(3)16-20/h4-9,12,15-16,22,35H,10-11,13-14,17H2,1-3H3,(H,28,30). The van der Waals surface area contributed by atoms with E-state index in [0.717, 1.165) is 48.5 Å². The first kappa shape index (κ1) is 23.6. The number of piperidine rings is 1. The summed E-state index contributed by atoms with van der Waals surface area (Å²) in [5.74, 6) is 0.527. The first-order valence-corrected chi connectivity index (χ1v) is 12.2. The summed E-state index contributed by atoms with van der Waals surface area (Å²) in [5, 5.41) is 24.1. The highest BCUT2D eigenvalue weighted by Gasteiger charge is 2.42. The molecule has 1 aliphatic heterocycles. The number of benzene rings is 1. The summed E-state index contributed by atoms with van der Waals surface area (Å²) in [7, 11) is 5.87. The van der Waals surface area contributed by atoms with Crippen LogP contribution in [-0.2, 0) is 12.5 Å². The summed E-state index contributed by atoms with van der Waals surface area (Å²) in [4.78, 5) is 9.15. The van der Waals surface area contributed by atoms with Crippen LogP contribution in [0.3, 0.4) is 0 Å². The van der Waals surface area contributed by atoms with Crippen molar-refractivity contribution in [3.63, 3.8) is 0 Å². The molecule has 0 bridgehead atoms. The van der Waals surface area contributed by atoms with Crippen molar-refractivity contribution in [2.75, 3.05) is 43.9 Å². The maximum Gasteiger partial charge on any atom is 0.247 e. The number of rotatable bonds is 7. The maximum absolute atomic E-state index is 11.4. The lowest BCUT2D eigenvalue weighted by atomic mass is 9.68. The number of aliphatic hydroxyl groups is 1. The molecule has 0 aliphatic carbocycles. The highest BCUT2D eigenvalue weighted by molar-refractivity contribution is 6.30. The van der Waals surface area contributed by atoms with Crippen LogP contribution in [0.15, 0.2) is 55.0 Å². The molecule has 1 atom stereocenters. The third-order valence-corrected chi connectivity index (χ3v) is 7.15. The van der Waals surface area contributed by atoms with E-state index in [1.54, 1.807) is 15.4 Å². The van der Waals surface area contributed by atoms with Crippen molar-refractivity contribution in [2.24, 2.45) is 7.05 Å². The van der Waals surface area contributed by atoms with Gasteiger partial charge in [0.05, 0.1) is 23.7 Å². The zero-order valence-electron chi connectivity index (χ0n) is 20.3. The molecule has 4 aromatic rings. The van der Waals surface area contributed by atoms with Gasteiger partial charge in [0.25, 0.3) is 0 Å². The molecule has 0 spiro atoms. The molecule has 35 heavy (non-hydrogen) atoms. The summed E-state index contributed by atoms with van der Waals surface area (Å²) in [5.41, 5.74) is 3.47. The van der Waals surface area contributed by atoms with E-state index in [4.69, 9.17) is 16.6 Å². The Morgan fingerprint density at radius 3 is 2.57 bits per heavy atom. The second kappa shape index (κ2) is 9.49. The minimum Gasteiger partial charge on any atom is -0.391 e. The largest absolute Gasteiger partial charge is 0.391 e. The predicted octanol–water partition coefficient (Wildman–Crippen LogP) is 3.32. The lowest BCUT2D eigenvalue weighted by Gasteiger charge is -2.46. The van der Waals surface area contributed by atoms with Gasteiger partial charge in [-0.25, -0.2) is 4.52 Å². The van der Waals surface area contributed by atoms with E-state index in [0.29, 0.717) is 17.5 Å². The summed E-state index contributed by atoms with van der Waals surface area (Å²) >= 11 is 6.17. The normalized spacial score (nSPS) is 16.7. The maximum atomic E-state index is 11.4. The van der Waals surface area contributed by atoms with Crippen molar-refractivity contribution in [1.82, 2.24) is 29.3 Å². The van der Waals surface area contributed by atoms with Gasteiger partial charge in [0.2, 0.25) is 5.95 Å². The number of aromatic nitrogens is 5. The summed E-state index contributed by atoms with van der Waals surface area (Å²) in [6.07, 6.45) is 6.68. The van der Waals surface area contributed by atoms with Crippen LogP contribution >= 0.6 is 11.6 Å². The lowest BCUT2D eigenvalue weighted by molar-refractivity contribution is 0.0411. The Bertz CT molecular complexity index is 1290. The first-order valence-electron chi connectivity index (χ1n) is 11.8. The molecule has 1 fully saturated rings. The number of anilines is 3. The van der Waals surface area contributed by atoms with Gasteiger partial charge in [-0.2, -0.15) is 10.1 Å². The lowest BCUT2D eigenvalue weighted by Crippen LogP contribution is -2.52. The Balaban J connectivity index is 1.40. The van der Waals surface area contributed by atoms with Crippen molar-refractivity contribution in [2.45, 2.75) is 24.4 Å². The molecule has 0 amide bonds. The van der Waals surface area contributed by atoms with Crippen molar-refractivity contribution in [1.29, 1.82) is 0 Å². The number of aliphatic hydroxyl groups excluding tert-OH is 1. The van der Waals surface area contributed by atoms with E-state index >= 15 is 0 Å². The molecule has 1 saturated heterocycles. The van der Waals surface area contributed by atoms with Gasteiger partial charge in [-0.15, -0.1) is 5.10 Å². The monoisotopic (exact) mass is 494 g/mol. The minimum absolute atomic E-state index is 0.336. The molecule has 3 aromatic heterocycles. The molecule has 1 aromatic carbocycles. The van der Waals surface area contributed by atoms with Crippen LogP contribution in [0.1, 0.15) is 18.4 Å². The highest BCUT2D eigenvalue weighted by Crippen LogP contribution is 2.41. The second-order valence-electron chi connectivity index (χ2n) is 9.55. The van der Waals surface area contributed by atoms with E-state index in [1.165, 1.54) is 0 Å². The quantitative estimate of drug-likeness (QED) is 0.407. The number of fused-ring (bicyclic) bond motifs is 1. The van der Waals surface area contributed by atoms with Crippen molar-refractivity contribution in [3.8, 4) is 0 Å². The van der Waals surface area contributed by atoms with Crippen LogP contribution in [0.5, 0.6) is 0 Å². The fourth-order valence-electron chi connectivity index (χ4n) is 5.07. The number of halogens is 1. The summed E-state index contributed by atoms with van der Waals surface area (Å²) in [6, 6.07) is 12.0. The van der Waals surface area contributed by atoms with E-state index in [2.05, 4.69) is 38.6 Å². The zero-order valence-corrected chi connectivity index (χ0v) is 21.0. The molecule has 1 unspecified atom stereocenters. The molecule has 5 rings (SSSR count). The molecule has 0 saturated carbocycles. The van der Waals surface area contributed by atoms with Crippen molar-refractivity contribution < 1.29 is 5.11 Å². The van der Waals surface area contributed by atoms with Gasteiger partial charge >= 0.3 is 0 Å². The Morgan fingerprint density at radius 1 is 1.17 bits per heavy atom. The third-order valence-electron chi connectivity index (χ3n) is 6.89.